The standard InChI is InChI=1S/C15H20N4O2/c1-4-14-13(10-16-3)15(5-2)18(17-14)11-7-6-8-12(9-11)19(20)21/h6-9,16H,4-5,10H2,1-3H3. The Morgan fingerprint density at radius 2 is 2.10 bits per heavy atom. The van der Waals surface area contributed by atoms with E-state index in [0.29, 0.717) is 0 Å². The van der Waals surface area contributed by atoms with Crippen LogP contribution in [-0.4, -0.2) is 21.8 Å². The van der Waals surface area contributed by atoms with Crippen LogP contribution >= 0.6 is 0 Å². The second-order valence-electron chi connectivity index (χ2n) is 4.80. The second kappa shape index (κ2) is 6.49. The van der Waals surface area contributed by atoms with Gasteiger partial charge in [0.25, 0.3) is 5.69 Å². The van der Waals surface area contributed by atoms with Gasteiger partial charge in [0.2, 0.25) is 0 Å². The van der Waals surface area contributed by atoms with Crippen LogP contribution in [0.1, 0.15) is 30.8 Å². The molecule has 0 radical (unpaired) electrons. The van der Waals surface area contributed by atoms with Crippen LogP contribution in [0.4, 0.5) is 5.69 Å². The van der Waals surface area contributed by atoms with Crippen LogP contribution in [0.15, 0.2) is 24.3 Å². The lowest BCUT2D eigenvalue weighted by atomic mass is 10.1. The molecule has 1 aromatic carbocycles. The van der Waals surface area contributed by atoms with Gasteiger partial charge >= 0.3 is 0 Å². The Hall–Kier alpha value is -2.21. The first-order valence-electron chi connectivity index (χ1n) is 7.11. The highest BCUT2D eigenvalue weighted by Crippen LogP contribution is 2.23. The molecule has 0 amide bonds. The van der Waals surface area contributed by atoms with Gasteiger partial charge in [0, 0.05) is 29.9 Å². The van der Waals surface area contributed by atoms with Crippen molar-refractivity contribution in [2.75, 3.05) is 7.05 Å². The first-order valence-corrected chi connectivity index (χ1v) is 7.11. The van der Waals surface area contributed by atoms with Gasteiger partial charge in [0.1, 0.15) is 0 Å². The van der Waals surface area contributed by atoms with Crippen molar-refractivity contribution in [1.29, 1.82) is 0 Å². The number of hydrogen-bond donors (Lipinski definition) is 1. The third-order valence-electron chi connectivity index (χ3n) is 3.48. The van der Waals surface area contributed by atoms with Gasteiger partial charge in [-0.25, -0.2) is 4.68 Å². The monoisotopic (exact) mass is 288 g/mol. The molecular weight excluding hydrogens is 268 g/mol. The maximum Gasteiger partial charge on any atom is 0.271 e. The number of non-ortho nitro benzene ring substituents is 1. The van der Waals surface area contributed by atoms with Crippen molar-refractivity contribution in [2.45, 2.75) is 33.2 Å². The summed E-state index contributed by atoms with van der Waals surface area (Å²) in [6, 6.07) is 6.60. The number of hydrogen-bond acceptors (Lipinski definition) is 4. The van der Waals surface area contributed by atoms with Crippen molar-refractivity contribution in [3.8, 4) is 5.69 Å². The Bertz CT molecular complexity index is 649. The van der Waals surface area contributed by atoms with Crippen molar-refractivity contribution in [1.82, 2.24) is 15.1 Å². The molecule has 0 saturated carbocycles. The molecule has 0 atom stereocenters. The number of aryl methyl sites for hydroxylation is 1. The van der Waals surface area contributed by atoms with Crippen molar-refractivity contribution in [3.63, 3.8) is 0 Å². The quantitative estimate of drug-likeness (QED) is 0.655. The Morgan fingerprint density at radius 1 is 1.33 bits per heavy atom. The van der Waals surface area contributed by atoms with Crippen LogP contribution in [0.5, 0.6) is 0 Å². The highest BCUT2D eigenvalue weighted by molar-refractivity contribution is 5.45. The molecule has 2 rings (SSSR count). The molecule has 6 nitrogen and oxygen atoms in total. The number of nitrogens with zero attached hydrogens (tertiary/aromatic N) is 3. The number of nitrogens with one attached hydrogen (secondary N) is 1. The molecule has 2 aromatic rings. The largest absolute Gasteiger partial charge is 0.316 e. The third-order valence-corrected chi connectivity index (χ3v) is 3.48. The fourth-order valence-electron chi connectivity index (χ4n) is 2.52. The molecular formula is C15H20N4O2. The number of nitro groups is 1. The second-order valence-corrected chi connectivity index (χ2v) is 4.80. The molecule has 0 aliphatic rings. The number of aromatic nitrogens is 2. The number of nitro benzene ring substituents is 1. The Morgan fingerprint density at radius 3 is 2.67 bits per heavy atom. The maximum absolute atomic E-state index is 10.9. The van der Waals surface area contributed by atoms with E-state index in [1.165, 1.54) is 11.6 Å². The van der Waals surface area contributed by atoms with E-state index in [4.69, 9.17) is 0 Å². The van der Waals surface area contributed by atoms with E-state index in [-0.39, 0.29) is 10.6 Å². The van der Waals surface area contributed by atoms with Gasteiger partial charge in [0.05, 0.1) is 16.3 Å². The van der Waals surface area contributed by atoms with Gasteiger partial charge in [0.15, 0.2) is 0 Å². The first-order chi connectivity index (χ1) is 10.1. The lowest BCUT2D eigenvalue weighted by Crippen LogP contribution is -2.09. The average molecular weight is 288 g/mol. The Balaban J connectivity index is 2.57. The zero-order valence-electron chi connectivity index (χ0n) is 12.6. The molecule has 6 heteroatoms. The van der Waals surface area contributed by atoms with Crippen molar-refractivity contribution in [3.05, 3.63) is 51.3 Å². The summed E-state index contributed by atoms with van der Waals surface area (Å²) in [6.45, 7) is 4.89. The molecule has 0 saturated heterocycles. The average Bonchev–Trinajstić information content (AvgIpc) is 2.85. The number of benzene rings is 1. The highest BCUT2D eigenvalue weighted by Gasteiger charge is 2.17. The fourth-order valence-corrected chi connectivity index (χ4v) is 2.52. The summed E-state index contributed by atoms with van der Waals surface area (Å²) >= 11 is 0. The van der Waals surface area contributed by atoms with Gasteiger partial charge in [-0.1, -0.05) is 19.9 Å². The molecule has 0 fully saturated rings. The molecule has 1 aromatic heterocycles. The van der Waals surface area contributed by atoms with Gasteiger partial charge < -0.3 is 5.32 Å². The van der Waals surface area contributed by atoms with Crippen LogP contribution in [0.25, 0.3) is 5.69 Å². The molecule has 0 unspecified atom stereocenters. The zero-order valence-corrected chi connectivity index (χ0v) is 12.6. The van der Waals surface area contributed by atoms with Crippen LogP contribution in [0.3, 0.4) is 0 Å². The predicted molar refractivity (Wildman–Crippen MR) is 81.7 cm³/mol. The lowest BCUT2D eigenvalue weighted by Gasteiger charge is -2.07. The van der Waals surface area contributed by atoms with E-state index in [0.717, 1.165) is 36.5 Å². The van der Waals surface area contributed by atoms with Crippen molar-refractivity contribution in [2.24, 2.45) is 0 Å². The SMILES string of the molecule is CCc1nn(-c2cccc([N+](=O)[O-])c2)c(CC)c1CNC. The summed E-state index contributed by atoms with van der Waals surface area (Å²) in [4.78, 5) is 10.6. The molecule has 1 N–H and O–H groups in total. The van der Waals surface area contributed by atoms with Gasteiger partial charge in [-0.05, 0) is 26.0 Å². The topological polar surface area (TPSA) is 73.0 Å². The molecule has 21 heavy (non-hydrogen) atoms. The van der Waals surface area contributed by atoms with Gasteiger partial charge in [-0.15, -0.1) is 0 Å². The normalized spacial score (nSPS) is 10.8. The summed E-state index contributed by atoms with van der Waals surface area (Å²) < 4.78 is 1.83. The van der Waals surface area contributed by atoms with E-state index < -0.39 is 0 Å². The van der Waals surface area contributed by atoms with E-state index in [1.807, 2.05) is 17.8 Å². The Labute approximate surface area is 123 Å². The summed E-state index contributed by atoms with van der Waals surface area (Å²) in [5, 5.41) is 18.7. The van der Waals surface area contributed by atoms with E-state index in [9.17, 15) is 10.1 Å². The van der Waals surface area contributed by atoms with Gasteiger partial charge in [-0.2, -0.15) is 5.10 Å². The van der Waals surface area contributed by atoms with Crippen molar-refractivity contribution >= 4 is 5.69 Å². The van der Waals surface area contributed by atoms with Crippen LogP contribution in [0.2, 0.25) is 0 Å². The van der Waals surface area contributed by atoms with E-state index in [2.05, 4.69) is 24.3 Å². The van der Waals surface area contributed by atoms with E-state index >= 15 is 0 Å². The van der Waals surface area contributed by atoms with Crippen LogP contribution in [-0.2, 0) is 19.4 Å². The van der Waals surface area contributed by atoms with Crippen LogP contribution in [0, 0.1) is 10.1 Å². The molecule has 0 aliphatic heterocycles. The minimum Gasteiger partial charge on any atom is -0.316 e. The zero-order chi connectivity index (χ0) is 15.4. The fraction of sp³-hybridized carbons (Fsp3) is 0.400. The Kier molecular flexibility index (Phi) is 4.70. The highest BCUT2D eigenvalue weighted by atomic mass is 16.6. The van der Waals surface area contributed by atoms with Gasteiger partial charge in [-0.3, -0.25) is 10.1 Å². The van der Waals surface area contributed by atoms with Crippen molar-refractivity contribution < 1.29 is 4.92 Å². The summed E-state index contributed by atoms with van der Waals surface area (Å²) in [7, 11) is 1.91. The molecule has 0 bridgehead atoms. The molecule has 0 aliphatic carbocycles. The third kappa shape index (κ3) is 2.95. The van der Waals surface area contributed by atoms with Crippen LogP contribution < -0.4 is 5.32 Å². The minimum absolute atomic E-state index is 0.0817. The molecule has 0 spiro atoms. The molecule has 1 heterocycles. The molecule has 112 valence electrons. The summed E-state index contributed by atoms with van der Waals surface area (Å²) in [5.41, 5.74) is 4.14. The number of rotatable bonds is 6. The first kappa shape index (κ1) is 15.2. The summed E-state index contributed by atoms with van der Waals surface area (Å²) in [5.74, 6) is 0. The maximum atomic E-state index is 10.9. The van der Waals surface area contributed by atoms with E-state index in [1.54, 1.807) is 12.1 Å². The summed E-state index contributed by atoms with van der Waals surface area (Å²) in [6.07, 6.45) is 1.67. The minimum atomic E-state index is -0.381. The smallest absolute Gasteiger partial charge is 0.271 e. The predicted octanol–water partition coefficient (Wildman–Crippen LogP) is 2.62. The lowest BCUT2D eigenvalue weighted by molar-refractivity contribution is -0.384.